The summed E-state index contributed by atoms with van der Waals surface area (Å²) >= 11 is 5.28. The summed E-state index contributed by atoms with van der Waals surface area (Å²) in [6.45, 7) is 1.95. The summed E-state index contributed by atoms with van der Waals surface area (Å²) in [4.78, 5) is 24.9. The van der Waals surface area contributed by atoms with E-state index in [-0.39, 0.29) is 28.9 Å². The summed E-state index contributed by atoms with van der Waals surface area (Å²) < 4.78 is 0. The molecule has 29 heavy (non-hydrogen) atoms. The van der Waals surface area contributed by atoms with Crippen LogP contribution < -0.4 is 16.0 Å². The first-order valence-electron chi connectivity index (χ1n) is 10.1. The van der Waals surface area contributed by atoms with E-state index in [2.05, 4.69) is 16.0 Å². The SMILES string of the molecule is CC(NC(=O)c1cccc(NC(=S)NC(=O)C2CCCCC2)c1)c1ccccc1. The van der Waals surface area contributed by atoms with E-state index in [1.165, 1.54) is 6.42 Å². The summed E-state index contributed by atoms with van der Waals surface area (Å²) in [6, 6.07) is 16.8. The fourth-order valence-corrected chi connectivity index (χ4v) is 3.80. The van der Waals surface area contributed by atoms with Crippen molar-refractivity contribution in [2.45, 2.75) is 45.1 Å². The smallest absolute Gasteiger partial charge is 0.251 e. The number of benzene rings is 2. The maximum Gasteiger partial charge on any atom is 0.251 e. The van der Waals surface area contributed by atoms with Crippen LogP contribution in [0.5, 0.6) is 0 Å². The number of nitrogens with one attached hydrogen (secondary N) is 3. The number of carbonyl (C=O) groups excluding carboxylic acids is 2. The van der Waals surface area contributed by atoms with Crippen molar-refractivity contribution in [2.75, 3.05) is 5.32 Å². The minimum atomic E-state index is -0.165. The summed E-state index contributed by atoms with van der Waals surface area (Å²) in [5.74, 6) is -0.143. The molecule has 1 aliphatic rings. The Morgan fingerprint density at radius 2 is 1.72 bits per heavy atom. The van der Waals surface area contributed by atoms with Crippen molar-refractivity contribution in [3.05, 3.63) is 65.7 Å². The zero-order valence-corrected chi connectivity index (χ0v) is 17.4. The molecule has 0 saturated heterocycles. The van der Waals surface area contributed by atoms with E-state index in [4.69, 9.17) is 12.2 Å². The third kappa shape index (κ3) is 6.12. The van der Waals surface area contributed by atoms with Crippen LogP contribution in [-0.4, -0.2) is 16.9 Å². The molecule has 3 N–H and O–H groups in total. The molecule has 1 aliphatic carbocycles. The summed E-state index contributed by atoms with van der Waals surface area (Å²) in [7, 11) is 0. The van der Waals surface area contributed by atoms with Crippen LogP contribution in [0.25, 0.3) is 0 Å². The zero-order valence-electron chi connectivity index (χ0n) is 16.6. The quantitative estimate of drug-likeness (QED) is 0.633. The molecule has 1 fully saturated rings. The van der Waals surface area contributed by atoms with Gasteiger partial charge in [-0.25, -0.2) is 0 Å². The van der Waals surface area contributed by atoms with E-state index < -0.39 is 0 Å². The van der Waals surface area contributed by atoms with Crippen LogP contribution in [0, 0.1) is 5.92 Å². The minimum Gasteiger partial charge on any atom is -0.346 e. The molecule has 2 aromatic carbocycles. The Balaban J connectivity index is 1.56. The molecule has 0 aliphatic heterocycles. The molecule has 0 aromatic heterocycles. The number of thiocarbonyl (C=S) groups is 1. The third-order valence-corrected chi connectivity index (χ3v) is 5.45. The molecule has 1 saturated carbocycles. The standard InChI is InChI=1S/C23H27N3O2S/c1-16(17-9-4-2-5-10-17)24-22(28)19-13-8-14-20(15-19)25-23(29)26-21(27)18-11-6-3-7-12-18/h2,4-5,8-10,13-16,18H,3,6-7,11-12H2,1H3,(H,24,28)(H2,25,26,27,29). The summed E-state index contributed by atoms with van der Waals surface area (Å²) in [5, 5.41) is 9.05. The van der Waals surface area contributed by atoms with E-state index in [9.17, 15) is 9.59 Å². The zero-order chi connectivity index (χ0) is 20.6. The van der Waals surface area contributed by atoms with Gasteiger partial charge in [0.1, 0.15) is 0 Å². The Kier molecular flexibility index (Phi) is 7.36. The lowest BCUT2D eigenvalue weighted by atomic mass is 9.89. The van der Waals surface area contributed by atoms with Crippen LogP contribution in [-0.2, 0) is 4.79 Å². The monoisotopic (exact) mass is 409 g/mol. The second kappa shape index (κ2) is 10.2. The third-order valence-electron chi connectivity index (χ3n) is 5.24. The Morgan fingerprint density at radius 1 is 1.00 bits per heavy atom. The number of anilines is 1. The molecule has 0 radical (unpaired) electrons. The van der Waals surface area contributed by atoms with Gasteiger partial charge in [0.2, 0.25) is 5.91 Å². The second-order valence-electron chi connectivity index (χ2n) is 7.46. The van der Waals surface area contributed by atoms with E-state index in [0.29, 0.717) is 11.3 Å². The number of rotatable bonds is 5. The predicted octanol–water partition coefficient (Wildman–Crippen LogP) is 4.57. The van der Waals surface area contributed by atoms with Gasteiger partial charge in [0, 0.05) is 17.2 Å². The van der Waals surface area contributed by atoms with Crippen LogP contribution >= 0.6 is 12.2 Å². The average molecular weight is 410 g/mol. The highest BCUT2D eigenvalue weighted by molar-refractivity contribution is 7.80. The maximum absolute atomic E-state index is 12.6. The van der Waals surface area contributed by atoms with Crippen molar-refractivity contribution < 1.29 is 9.59 Å². The molecule has 0 spiro atoms. The highest BCUT2D eigenvalue weighted by Gasteiger charge is 2.21. The molecule has 5 nitrogen and oxygen atoms in total. The Morgan fingerprint density at radius 3 is 2.45 bits per heavy atom. The van der Waals surface area contributed by atoms with Gasteiger partial charge in [0.15, 0.2) is 5.11 Å². The van der Waals surface area contributed by atoms with Crippen LogP contribution in [0.15, 0.2) is 54.6 Å². The van der Waals surface area contributed by atoms with Gasteiger partial charge in [-0.15, -0.1) is 0 Å². The molecule has 152 valence electrons. The van der Waals surface area contributed by atoms with Crippen LogP contribution in [0.3, 0.4) is 0 Å². The van der Waals surface area contributed by atoms with E-state index in [1.54, 1.807) is 18.2 Å². The topological polar surface area (TPSA) is 70.2 Å². The van der Waals surface area contributed by atoms with Gasteiger partial charge in [-0.1, -0.05) is 55.7 Å². The average Bonchev–Trinajstić information content (AvgIpc) is 2.75. The normalized spacial score (nSPS) is 15.2. The van der Waals surface area contributed by atoms with Gasteiger partial charge in [-0.3, -0.25) is 9.59 Å². The first-order valence-corrected chi connectivity index (χ1v) is 10.5. The number of hydrogen-bond donors (Lipinski definition) is 3. The predicted molar refractivity (Wildman–Crippen MR) is 120 cm³/mol. The lowest BCUT2D eigenvalue weighted by molar-refractivity contribution is -0.124. The van der Waals surface area contributed by atoms with Crippen LogP contribution in [0.1, 0.15) is 61.0 Å². The molecular formula is C23H27N3O2S. The van der Waals surface area contributed by atoms with E-state index >= 15 is 0 Å². The molecular weight excluding hydrogens is 382 g/mol. The van der Waals surface area contributed by atoms with Crippen molar-refractivity contribution in [3.8, 4) is 0 Å². The van der Waals surface area contributed by atoms with Gasteiger partial charge in [0.05, 0.1) is 6.04 Å². The number of amides is 2. The molecule has 1 atom stereocenters. The molecule has 0 bridgehead atoms. The van der Waals surface area contributed by atoms with E-state index in [0.717, 1.165) is 31.2 Å². The highest BCUT2D eigenvalue weighted by Crippen LogP contribution is 2.23. The van der Waals surface area contributed by atoms with Crippen molar-refractivity contribution in [1.29, 1.82) is 0 Å². The van der Waals surface area contributed by atoms with Crippen LogP contribution in [0.2, 0.25) is 0 Å². The molecule has 3 rings (SSSR count). The van der Waals surface area contributed by atoms with Gasteiger partial charge < -0.3 is 16.0 Å². The molecule has 2 amide bonds. The number of carbonyl (C=O) groups is 2. The molecule has 2 aromatic rings. The van der Waals surface area contributed by atoms with Gasteiger partial charge in [-0.05, 0) is 55.7 Å². The largest absolute Gasteiger partial charge is 0.346 e. The fourth-order valence-electron chi connectivity index (χ4n) is 3.58. The first kappa shape index (κ1) is 21.0. The van der Waals surface area contributed by atoms with E-state index in [1.807, 2.05) is 43.3 Å². The maximum atomic E-state index is 12.6. The molecule has 6 heteroatoms. The molecule has 0 heterocycles. The Hall–Kier alpha value is -2.73. The van der Waals surface area contributed by atoms with Crippen LogP contribution in [0.4, 0.5) is 5.69 Å². The second-order valence-corrected chi connectivity index (χ2v) is 7.87. The lowest BCUT2D eigenvalue weighted by Crippen LogP contribution is -2.39. The molecule has 1 unspecified atom stereocenters. The van der Waals surface area contributed by atoms with Gasteiger partial charge in [-0.2, -0.15) is 0 Å². The minimum absolute atomic E-state index is 0.0206. The number of hydrogen-bond acceptors (Lipinski definition) is 3. The van der Waals surface area contributed by atoms with Crippen molar-refractivity contribution >= 4 is 34.8 Å². The summed E-state index contributed by atoms with van der Waals surface area (Å²) in [6.07, 6.45) is 5.23. The first-order chi connectivity index (χ1) is 14.0. The van der Waals surface area contributed by atoms with Gasteiger partial charge in [0.25, 0.3) is 5.91 Å². The van der Waals surface area contributed by atoms with Crippen molar-refractivity contribution in [1.82, 2.24) is 10.6 Å². The lowest BCUT2D eigenvalue weighted by Gasteiger charge is -2.21. The van der Waals surface area contributed by atoms with Crippen molar-refractivity contribution in [2.24, 2.45) is 5.92 Å². The van der Waals surface area contributed by atoms with Gasteiger partial charge >= 0.3 is 0 Å². The highest BCUT2D eigenvalue weighted by atomic mass is 32.1. The fraction of sp³-hybridized carbons (Fsp3) is 0.348. The van der Waals surface area contributed by atoms with Crippen molar-refractivity contribution in [3.63, 3.8) is 0 Å². The summed E-state index contributed by atoms with van der Waals surface area (Å²) in [5.41, 5.74) is 2.24. The Labute approximate surface area is 177 Å². The Bertz CT molecular complexity index is 863.